The minimum atomic E-state index is -1.02. The molecule has 0 bridgehead atoms. The minimum absolute atomic E-state index is 0.0672. The normalized spacial score (nSPS) is 15.5. The van der Waals surface area contributed by atoms with Crippen LogP contribution < -0.4 is 0 Å². The van der Waals surface area contributed by atoms with E-state index in [9.17, 15) is 14.0 Å². The Morgan fingerprint density at radius 1 is 1.29 bits per heavy atom. The van der Waals surface area contributed by atoms with Gasteiger partial charge in [0, 0.05) is 24.4 Å². The third-order valence-electron chi connectivity index (χ3n) is 4.24. The van der Waals surface area contributed by atoms with Crippen LogP contribution >= 0.6 is 11.3 Å². The van der Waals surface area contributed by atoms with E-state index < -0.39 is 5.97 Å². The number of aromatic nitrogens is 1. The summed E-state index contributed by atoms with van der Waals surface area (Å²) in [5.41, 5.74) is 0.490. The zero-order chi connectivity index (χ0) is 17.1. The van der Waals surface area contributed by atoms with Crippen LogP contribution in [0.5, 0.6) is 0 Å². The molecular formula is C17H17FN2O3S. The van der Waals surface area contributed by atoms with Crippen molar-refractivity contribution in [3.05, 3.63) is 51.7 Å². The topological polar surface area (TPSA) is 70.5 Å². The van der Waals surface area contributed by atoms with Gasteiger partial charge in [-0.3, -0.25) is 4.79 Å². The highest BCUT2D eigenvalue weighted by Gasteiger charge is 2.26. The Morgan fingerprint density at radius 2 is 2.00 bits per heavy atom. The Hall–Kier alpha value is -2.28. The van der Waals surface area contributed by atoms with Crippen LogP contribution in [0.2, 0.25) is 0 Å². The molecule has 5 nitrogen and oxygen atoms in total. The van der Waals surface area contributed by atoms with E-state index in [1.165, 1.54) is 17.4 Å². The molecule has 1 saturated heterocycles. The number of rotatable bonds is 4. The molecule has 0 unspecified atom stereocenters. The summed E-state index contributed by atoms with van der Waals surface area (Å²) in [4.78, 5) is 29.1. The Balaban J connectivity index is 1.57. The average Bonchev–Trinajstić information content (AvgIpc) is 3.07. The summed E-state index contributed by atoms with van der Waals surface area (Å²) in [7, 11) is 0. The van der Waals surface area contributed by atoms with Crippen LogP contribution in [-0.4, -0.2) is 40.0 Å². The van der Waals surface area contributed by atoms with Crippen molar-refractivity contribution in [3.63, 3.8) is 0 Å². The van der Waals surface area contributed by atoms with Gasteiger partial charge in [0.05, 0.1) is 11.4 Å². The van der Waals surface area contributed by atoms with E-state index in [-0.39, 0.29) is 29.8 Å². The molecule has 24 heavy (non-hydrogen) atoms. The number of piperidine rings is 1. The molecule has 1 aromatic carbocycles. The number of thiazole rings is 1. The Morgan fingerprint density at radius 3 is 2.62 bits per heavy atom. The van der Waals surface area contributed by atoms with E-state index in [0.29, 0.717) is 18.7 Å². The Kier molecular flexibility index (Phi) is 4.89. The van der Waals surface area contributed by atoms with Crippen molar-refractivity contribution >= 4 is 23.2 Å². The number of carbonyl (C=O) groups excluding carboxylic acids is 1. The molecule has 0 radical (unpaired) electrons. The SMILES string of the molecule is O=C(O)c1csc(C2CCN(C(=O)Cc3ccccc3F)CC2)n1. The third kappa shape index (κ3) is 3.62. The fourth-order valence-corrected chi connectivity index (χ4v) is 3.83. The first-order chi connectivity index (χ1) is 11.5. The predicted octanol–water partition coefficient (Wildman–Crippen LogP) is 2.93. The van der Waals surface area contributed by atoms with Gasteiger partial charge < -0.3 is 10.0 Å². The molecule has 1 aromatic heterocycles. The fourth-order valence-electron chi connectivity index (χ4n) is 2.87. The molecule has 1 aliphatic rings. The number of benzene rings is 1. The maximum absolute atomic E-state index is 13.6. The summed E-state index contributed by atoms with van der Waals surface area (Å²) < 4.78 is 13.6. The molecule has 126 valence electrons. The monoisotopic (exact) mass is 348 g/mol. The predicted molar refractivity (Wildman–Crippen MR) is 87.7 cm³/mol. The lowest BCUT2D eigenvalue weighted by Crippen LogP contribution is -2.38. The summed E-state index contributed by atoms with van der Waals surface area (Å²) in [5, 5.41) is 11.3. The van der Waals surface area contributed by atoms with Gasteiger partial charge in [-0.15, -0.1) is 11.3 Å². The lowest BCUT2D eigenvalue weighted by molar-refractivity contribution is -0.131. The maximum atomic E-state index is 13.6. The number of hydrogen-bond acceptors (Lipinski definition) is 4. The number of aromatic carboxylic acids is 1. The number of carboxylic acid groups (broad SMARTS) is 1. The van der Waals surface area contributed by atoms with Crippen molar-refractivity contribution in [1.82, 2.24) is 9.88 Å². The zero-order valence-corrected chi connectivity index (χ0v) is 13.8. The summed E-state index contributed by atoms with van der Waals surface area (Å²) >= 11 is 1.35. The van der Waals surface area contributed by atoms with Gasteiger partial charge in [-0.2, -0.15) is 0 Å². The van der Waals surface area contributed by atoms with Crippen LogP contribution in [0.4, 0.5) is 4.39 Å². The highest BCUT2D eigenvalue weighted by molar-refractivity contribution is 7.09. The highest BCUT2D eigenvalue weighted by Crippen LogP contribution is 2.30. The van der Waals surface area contributed by atoms with E-state index in [1.807, 2.05) is 0 Å². The van der Waals surface area contributed by atoms with Crippen LogP contribution in [0.25, 0.3) is 0 Å². The van der Waals surface area contributed by atoms with Gasteiger partial charge in [-0.05, 0) is 24.5 Å². The van der Waals surface area contributed by atoms with Gasteiger partial charge in [0.15, 0.2) is 5.69 Å². The molecule has 0 spiro atoms. The number of hydrogen-bond donors (Lipinski definition) is 1. The first-order valence-corrected chi connectivity index (χ1v) is 8.62. The molecule has 0 saturated carbocycles. The molecular weight excluding hydrogens is 331 g/mol. The second-order valence-corrected chi connectivity index (χ2v) is 6.69. The van der Waals surface area contributed by atoms with Gasteiger partial charge in [-0.25, -0.2) is 14.2 Å². The number of likely N-dealkylation sites (tertiary alicyclic amines) is 1. The number of amides is 1. The summed E-state index contributed by atoms with van der Waals surface area (Å²) in [6.07, 6.45) is 1.56. The lowest BCUT2D eigenvalue weighted by Gasteiger charge is -2.31. The van der Waals surface area contributed by atoms with Gasteiger partial charge >= 0.3 is 5.97 Å². The van der Waals surface area contributed by atoms with E-state index in [0.717, 1.165) is 17.8 Å². The van der Waals surface area contributed by atoms with Crippen LogP contribution in [0, 0.1) is 5.82 Å². The molecule has 2 aromatic rings. The molecule has 1 fully saturated rings. The molecule has 7 heteroatoms. The molecule has 2 heterocycles. The standard InChI is InChI=1S/C17H17FN2O3S/c18-13-4-2-1-3-12(13)9-15(21)20-7-5-11(6-8-20)16-19-14(10-24-16)17(22)23/h1-4,10-11H,5-9H2,(H,22,23). The second kappa shape index (κ2) is 7.09. The first-order valence-electron chi connectivity index (χ1n) is 7.74. The quantitative estimate of drug-likeness (QED) is 0.922. The molecule has 1 N–H and O–H groups in total. The zero-order valence-electron chi connectivity index (χ0n) is 12.9. The minimum Gasteiger partial charge on any atom is -0.476 e. The Labute approximate surface area is 142 Å². The van der Waals surface area contributed by atoms with E-state index in [2.05, 4.69) is 4.98 Å². The van der Waals surface area contributed by atoms with Crippen molar-refractivity contribution in [2.45, 2.75) is 25.2 Å². The highest BCUT2D eigenvalue weighted by atomic mass is 32.1. The lowest BCUT2D eigenvalue weighted by atomic mass is 9.97. The Bertz CT molecular complexity index is 754. The van der Waals surface area contributed by atoms with Crippen molar-refractivity contribution < 1.29 is 19.1 Å². The van der Waals surface area contributed by atoms with E-state index in [4.69, 9.17) is 5.11 Å². The smallest absolute Gasteiger partial charge is 0.355 e. The molecule has 0 aliphatic carbocycles. The summed E-state index contributed by atoms with van der Waals surface area (Å²) in [6, 6.07) is 6.31. The number of nitrogens with zero attached hydrogens (tertiary/aromatic N) is 2. The van der Waals surface area contributed by atoms with Crippen LogP contribution in [0.15, 0.2) is 29.6 Å². The van der Waals surface area contributed by atoms with Gasteiger partial charge in [0.2, 0.25) is 5.91 Å². The summed E-state index contributed by atoms with van der Waals surface area (Å²) in [6.45, 7) is 1.17. The van der Waals surface area contributed by atoms with Crippen LogP contribution in [0.3, 0.4) is 0 Å². The molecule has 1 aliphatic heterocycles. The number of carbonyl (C=O) groups is 2. The maximum Gasteiger partial charge on any atom is 0.355 e. The van der Waals surface area contributed by atoms with Gasteiger partial charge in [0.25, 0.3) is 0 Å². The van der Waals surface area contributed by atoms with Gasteiger partial charge in [-0.1, -0.05) is 18.2 Å². The van der Waals surface area contributed by atoms with E-state index >= 15 is 0 Å². The van der Waals surface area contributed by atoms with Crippen molar-refractivity contribution in [1.29, 1.82) is 0 Å². The van der Waals surface area contributed by atoms with Crippen LogP contribution in [0.1, 0.15) is 39.8 Å². The molecule has 0 atom stereocenters. The van der Waals surface area contributed by atoms with Crippen molar-refractivity contribution in [2.75, 3.05) is 13.1 Å². The average molecular weight is 348 g/mol. The molecule has 3 rings (SSSR count). The van der Waals surface area contributed by atoms with Crippen LogP contribution in [-0.2, 0) is 11.2 Å². The first kappa shape index (κ1) is 16.6. The van der Waals surface area contributed by atoms with Crippen molar-refractivity contribution in [3.8, 4) is 0 Å². The van der Waals surface area contributed by atoms with E-state index in [1.54, 1.807) is 28.5 Å². The largest absolute Gasteiger partial charge is 0.476 e. The van der Waals surface area contributed by atoms with Crippen molar-refractivity contribution in [2.24, 2.45) is 0 Å². The summed E-state index contributed by atoms with van der Waals surface area (Å²) in [5.74, 6) is -1.27. The third-order valence-corrected chi connectivity index (χ3v) is 5.24. The fraction of sp³-hybridized carbons (Fsp3) is 0.353. The number of halogens is 1. The second-order valence-electron chi connectivity index (χ2n) is 5.80. The number of carboxylic acids is 1. The van der Waals surface area contributed by atoms with Gasteiger partial charge in [0.1, 0.15) is 5.82 Å². The molecule has 1 amide bonds.